The Bertz CT molecular complexity index is 788. The number of nitriles is 1. The molecule has 0 radical (unpaired) electrons. The normalized spacial score (nSPS) is 16.9. The third-order valence-corrected chi connectivity index (χ3v) is 4.19. The Morgan fingerprint density at radius 3 is 3.00 bits per heavy atom. The first-order valence-electron chi connectivity index (χ1n) is 7.05. The van der Waals surface area contributed by atoms with Crippen LogP contribution >= 0.6 is 15.9 Å². The molecule has 3 rings (SSSR count). The van der Waals surface area contributed by atoms with Gasteiger partial charge in [0, 0.05) is 15.7 Å². The zero-order chi connectivity index (χ0) is 15.7. The van der Waals surface area contributed by atoms with Gasteiger partial charge < -0.3 is 10.5 Å². The van der Waals surface area contributed by atoms with Gasteiger partial charge in [-0.3, -0.25) is 5.10 Å². The monoisotopic (exact) mass is 358 g/mol. The van der Waals surface area contributed by atoms with E-state index in [9.17, 15) is 5.26 Å². The number of aryl methyl sites for hydroxylation is 1. The van der Waals surface area contributed by atoms with E-state index in [1.54, 1.807) is 0 Å². The molecule has 1 unspecified atom stereocenters. The summed E-state index contributed by atoms with van der Waals surface area (Å²) in [4.78, 5) is 0. The summed E-state index contributed by atoms with van der Waals surface area (Å²) < 4.78 is 6.48. The van der Waals surface area contributed by atoms with Crippen molar-refractivity contribution in [2.45, 2.75) is 25.7 Å². The van der Waals surface area contributed by atoms with Crippen molar-refractivity contribution in [3.05, 3.63) is 57.0 Å². The predicted molar refractivity (Wildman–Crippen MR) is 86.0 cm³/mol. The molecule has 1 aromatic heterocycles. The second-order valence-corrected chi connectivity index (χ2v) is 6.07. The summed E-state index contributed by atoms with van der Waals surface area (Å²) >= 11 is 3.48. The number of rotatable bonds is 3. The molecule has 2 heterocycles. The fourth-order valence-electron chi connectivity index (χ4n) is 2.77. The fraction of sp³-hybridized carbons (Fsp3) is 0.250. The standard InChI is InChI=1S/C16H15BrN4O/c1-2-4-12-14-13(9-5-3-6-10(17)7-9)11(8-18)15(19)22-16(14)21-20-12/h3,5-7,13H,2,4,19H2,1H3,(H,20,21). The van der Waals surface area contributed by atoms with Crippen LogP contribution in [-0.2, 0) is 6.42 Å². The highest BCUT2D eigenvalue weighted by atomic mass is 79.9. The van der Waals surface area contributed by atoms with Gasteiger partial charge in [0.1, 0.15) is 11.6 Å². The van der Waals surface area contributed by atoms with Gasteiger partial charge in [-0.15, -0.1) is 5.10 Å². The number of hydrogen-bond acceptors (Lipinski definition) is 4. The van der Waals surface area contributed by atoms with Gasteiger partial charge in [-0.1, -0.05) is 41.4 Å². The number of nitrogens with two attached hydrogens (primary N) is 1. The SMILES string of the molecule is CCCc1[nH]nc2c1C(c1cccc(Br)c1)C(C#N)=C(N)O2. The van der Waals surface area contributed by atoms with E-state index in [4.69, 9.17) is 10.5 Å². The number of nitrogens with one attached hydrogen (secondary N) is 1. The molecule has 0 spiro atoms. The van der Waals surface area contributed by atoms with Crippen LogP contribution in [0.15, 0.2) is 40.2 Å². The summed E-state index contributed by atoms with van der Waals surface area (Å²) in [6.45, 7) is 2.10. The van der Waals surface area contributed by atoms with Gasteiger partial charge in [0.05, 0.1) is 5.92 Å². The number of fused-ring (bicyclic) bond motifs is 1. The van der Waals surface area contributed by atoms with E-state index in [2.05, 4.69) is 39.1 Å². The maximum atomic E-state index is 9.54. The highest BCUT2D eigenvalue weighted by Crippen LogP contribution is 2.43. The Labute approximate surface area is 136 Å². The van der Waals surface area contributed by atoms with E-state index in [1.165, 1.54) is 0 Å². The third-order valence-electron chi connectivity index (χ3n) is 3.70. The molecule has 0 saturated carbocycles. The average Bonchev–Trinajstić information content (AvgIpc) is 2.88. The number of hydrogen-bond donors (Lipinski definition) is 2. The van der Waals surface area contributed by atoms with Gasteiger partial charge in [-0.25, -0.2) is 0 Å². The molecule has 22 heavy (non-hydrogen) atoms. The molecule has 3 N–H and O–H groups in total. The molecule has 1 aromatic carbocycles. The van der Waals surface area contributed by atoms with E-state index in [1.807, 2.05) is 24.3 Å². The molecule has 0 aliphatic carbocycles. The predicted octanol–water partition coefficient (Wildman–Crippen LogP) is 3.34. The van der Waals surface area contributed by atoms with Crippen molar-refractivity contribution >= 4 is 15.9 Å². The van der Waals surface area contributed by atoms with Crippen LogP contribution < -0.4 is 10.5 Å². The van der Waals surface area contributed by atoms with Gasteiger partial charge in [-0.05, 0) is 24.1 Å². The molecule has 1 aliphatic rings. The summed E-state index contributed by atoms with van der Waals surface area (Å²) in [7, 11) is 0. The van der Waals surface area contributed by atoms with Crippen molar-refractivity contribution in [2.75, 3.05) is 0 Å². The van der Waals surface area contributed by atoms with Crippen molar-refractivity contribution in [1.29, 1.82) is 5.26 Å². The van der Waals surface area contributed by atoms with Gasteiger partial charge in [0.15, 0.2) is 0 Å². The highest BCUT2D eigenvalue weighted by Gasteiger charge is 2.34. The number of aromatic nitrogens is 2. The second kappa shape index (κ2) is 5.85. The molecule has 1 aliphatic heterocycles. The average molecular weight is 359 g/mol. The summed E-state index contributed by atoms with van der Waals surface area (Å²) in [5, 5.41) is 16.8. The first-order valence-corrected chi connectivity index (χ1v) is 7.85. The van der Waals surface area contributed by atoms with Gasteiger partial charge >= 0.3 is 0 Å². The minimum absolute atomic E-state index is 0.120. The molecule has 1 atom stereocenters. The second-order valence-electron chi connectivity index (χ2n) is 5.15. The lowest BCUT2D eigenvalue weighted by atomic mass is 9.83. The minimum atomic E-state index is -0.258. The Morgan fingerprint density at radius 1 is 1.50 bits per heavy atom. The number of halogens is 1. The number of H-pyrrole nitrogens is 1. The van der Waals surface area contributed by atoms with E-state index in [0.717, 1.165) is 34.1 Å². The zero-order valence-electron chi connectivity index (χ0n) is 12.1. The lowest BCUT2D eigenvalue weighted by Crippen LogP contribution is -2.21. The van der Waals surface area contributed by atoms with E-state index in [0.29, 0.717) is 11.5 Å². The van der Waals surface area contributed by atoms with Gasteiger partial charge in [0.2, 0.25) is 11.8 Å². The highest BCUT2D eigenvalue weighted by molar-refractivity contribution is 9.10. The number of ether oxygens (including phenoxy) is 1. The number of benzene rings is 1. The number of nitrogens with zero attached hydrogens (tertiary/aromatic N) is 2. The topological polar surface area (TPSA) is 87.7 Å². The largest absolute Gasteiger partial charge is 0.420 e. The maximum absolute atomic E-state index is 9.54. The Morgan fingerprint density at radius 2 is 2.32 bits per heavy atom. The summed E-state index contributed by atoms with van der Waals surface area (Å²) in [5.74, 6) is 0.325. The van der Waals surface area contributed by atoms with Crippen LogP contribution in [0.1, 0.15) is 36.1 Å². The van der Waals surface area contributed by atoms with Crippen LogP contribution in [0.25, 0.3) is 0 Å². The van der Waals surface area contributed by atoms with Crippen LogP contribution in [0.3, 0.4) is 0 Å². The summed E-state index contributed by atoms with van der Waals surface area (Å²) in [6.07, 6.45) is 1.82. The van der Waals surface area contributed by atoms with Crippen molar-refractivity contribution in [3.8, 4) is 11.9 Å². The van der Waals surface area contributed by atoms with Crippen molar-refractivity contribution in [3.63, 3.8) is 0 Å². The molecule has 0 fully saturated rings. The third kappa shape index (κ3) is 2.38. The molecule has 112 valence electrons. The molecule has 6 heteroatoms. The molecule has 0 saturated heterocycles. The Hall–Kier alpha value is -2.26. The van der Waals surface area contributed by atoms with Crippen molar-refractivity contribution in [2.24, 2.45) is 5.73 Å². The van der Waals surface area contributed by atoms with Crippen molar-refractivity contribution in [1.82, 2.24) is 10.2 Å². The van der Waals surface area contributed by atoms with Crippen LogP contribution in [0, 0.1) is 11.3 Å². The first-order chi connectivity index (χ1) is 10.7. The zero-order valence-corrected chi connectivity index (χ0v) is 13.6. The quantitative estimate of drug-likeness (QED) is 0.880. The lowest BCUT2D eigenvalue weighted by molar-refractivity contribution is 0.378. The maximum Gasteiger partial charge on any atom is 0.244 e. The fourth-order valence-corrected chi connectivity index (χ4v) is 3.19. The molecular weight excluding hydrogens is 344 g/mol. The van der Waals surface area contributed by atoms with Crippen molar-refractivity contribution < 1.29 is 4.74 Å². The van der Waals surface area contributed by atoms with Crippen LogP contribution in [0.5, 0.6) is 5.88 Å². The van der Waals surface area contributed by atoms with E-state index >= 15 is 0 Å². The Balaban J connectivity index is 2.21. The number of allylic oxidation sites excluding steroid dienone is 1. The minimum Gasteiger partial charge on any atom is -0.420 e. The summed E-state index contributed by atoms with van der Waals surface area (Å²) in [6, 6.07) is 10.1. The molecule has 2 aromatic rings. The number of aromatic amines is 1. The van der Waals surface area contributed by atoms with Crippen LogP contribution in [-0.4, -0.2) is 10.2 Å². The van der Waals surface area contributed by atoms with Crippen LogP contribution in [0.2, 0.25) is 0 Å². The first kappa shape index (κ1) is 14.7. The molecule has 0 bridgehead atoms. The van der Waals surface area contributed by atoms with Gasteiger partial charge in [-0.2, -0.15) is 5.26 Å². The van der Waals surface area contributed by atoms with E-state index < -0.39 is 0 Å². The van der Waals surface area contributed by atoms with Gasteiger partial charge in [0.25, 0.3) is 0 Å². The molecule has 0 amide bonds. The summed E-state index contributed by atoms with van der Waals surface area (Å²) in [5.41, 5.74) is 9.22. The molecule has 5 nitrogen and oxygen atoms in total. The van der Waals surface area contributed by atoms with E-state index in [-0.39, 0.29) is 11.8 Å². The van der Waals surface area contributed by atoms with Crippen LogP contribution in [0.4, 0.5) is 0 Å². The molecular formula is C16H15BrN4O. The smallest absolute Gasteiger partial charge is 0.244 e. The Kier molecular flexibility index (Phi) is 3.90. The lowest BCUT2D eigenvalue weighted by Gasteiger charge is -2.24.